The molecular formula is C17H25N5O3. The lowest BCUT2D eigenvalue weighted by Gasteiger charge is -2.33. The lowest BCUT2D eigenvalue weighted by atomic mass is 10.2. The monoisotopic (exact) mass is 347 g/mol. The first kappa shape index (κ1) is 17.6. The van der Waals surface area contributed by atoms with Gasteiger partial charge in [0.15, 0.2) is 0 Å². The molecule has 3 rings (SSSR count). The van der Waals surface area contributed by atoms with E-state index >= 15 is 0 Å². The van der Waals surface area contributed by atoms with E-state index in [2.05, 4.69) is 16.1 Å². The Hall–Kier alpha value is -2.19. The highest BCUT2D eigenvalue weighted by molar-refractivity contribution is 5.07. The molecule has 0 bridgehead atoms. The van der Waals surface area contributed by atoms with Gasteiger partial charge in [0.25, 0.3) is 5.56 Å². The second kappa shape index (κ2) is 6.97. The molecule has 8 heteroatoms. The van der Waals surface area contributed by atoms with Gasteiger partial charge in [-0.2, -0.15) is 5.10 Å². The van der Waals surface area contributed by atoms with Gasteiger partial charge in [-0.05, 0) is 19.9 Å². The summed E-state index contributed by atoms with van der Waals surface area (Å²) in [4.78, 5) is 26.2. The van der Waals surface area contributed by atoms with Crippen molar-refractivity contribution < 1.29 is 4.74 Å². The minimum absolute atomic E-state index is 0.0373. The zero-order chi connectivity index (χ0) is 18.1. The molecule has 2 aromatic heterocycles. The average Bonchev–Trinajstić information content (AvgIpc) is 2.88. The van der Waals surface area contributed by atoms with E-state index in [1.165, 1.54) is 17.7 Å². The first-order valence-electron chi connectivity index (χ1n) is 8.46. The molecule has 0 amide bonds. The standard InChI is InChI=1S/C17H25N5O3/c1-12-7-13(2)22(18-12)11-15-10-21(5-6-25-15)9-14-8-16(23)20(4)17(24)19(14)3/h7-8,15H,5-6,9-11H2,1-4H3/t15-/m0/s1. The van der Waals surface area contributed by atoms with Crippen LogP contribution in [0.2, 0.25) is 0 Å². The van der Waals surface area contributed by atoms with Crippen LogP contribution in [0.25, 0.3) is 0 Å². The van der Waals surface area contributed by atoms with Crippen molar-refractivity contribution in [3.63, 3.8) is 0 Å². The summed E-state index contributed by atoms with van der Waals surface area (Å²) in [5, 5.41) is 4.49. The third-order valence-electron chi connectivity index (χ3n) is 4.71. The molecule has 1 aliphatic rings. The Labute approximate surface area is 146 Å². The number of aromatic nitrogens is 4. The fraction of sp³-hybridized carbons (Fsp3) is 0.588. The summed E-state index contributed by atoms with van der Waals surface area (Å²) in [6, 6.07) is 3.59. The maximum Gasteiger partial charge on any atom is 0.330 e. The fourth-order valence-corrected chi connectivity index (χ4v) is 3.25. The van der Waals surface area contributed by atoms with Crippen LogP contribution in [0.5, 0.6) is 0 Å². The van der Waals surface area contributed by atoms with Gasteiger partial charge in [-0.1, -0.05) is 0 Å². The van der Waals surface area contributed by atoms with Gasteiger partial charge in [0.05, 0.1) is 24.9 Å². The molecule has 136 valence electrons. The second-order valence-corrected chi connectivity index (χ2v) is 6.71. The number of morpholine rings is 1. The Morgan fingerprint density at radius 1 is 1.20 bits per heavy atom. The third kappa shape index (κ3) is 3.74. The van der Waals surface area contributed by atoms with Crippen molar-refractivity contribution in [2.45, 2.75) is 33.0 Å². The van der Waals surface area contributed by atoms with Gasteiger partial charge >= 0.3 is 5.69 Å². The summed E-state index contributed by atoms with van der Waals surface area (Å²) in [7, 11) is 3.19. The van der Waals surface area contributed by atoms with Crippen LogP contribution in [0.15, 0.2) is 21.7 Å². The summed E-state index contributed by atoms with van der Waals surface area (Å²) in [6.07, 6.45) is 0.0373. The summed E-state index contributed by atoms with van der Waals surface area (Å²) in [6.45, 7) is 7.41. The van der Waals surface area contributed by atoms with Crippen molar-refractivity contribution in [3.05, 3.63) is 50.1 Å². The number of nitrogens with zero attached hydrogens (tertiary/aromatic N) is 5. The Bertz CT molecular complexity index is 879. The Morgan fingerprint density at radius 2 is 1.96 bits per heavy atom. The summed E-state index contributed by atoms with van der Waals surface area (Å²) in [5.74, 6) is 0. The molecular weight excluding hydrogens is 322 g/mol. The smallest absolute Gasteiger partial charge is 0.330 e. The molecule has 8 nitrogen and oxygen atoms in total. The summed E-state index contributed by atoms with van der Waals surface area (Å²) >= 11 is 0. The predicted molar refractivity (Wildman–Crippen MR) is 93.6 cm³/mol. The molecule has 0 aromatic carbocycles. The molecule has 0 unspecified atom stereocenters. The minimum Gasteiger partial charge on any atom is -0.374 e. The van der Waals surface area contributed by atoms with Crippen molar-refractivity contribution in [1.29, 1.82) is 0 Å². The first-order valence-corrected chi connectivity index (χ1v) is 8.46. The molecule has 3 heterocycles. The number of hydrogen-bond donors (Lipinski definition) is 0. The van der Waals surface area contributed by atoms with Gasteiger partial charge in [-0.15, -0.1) is 0 Å². The highest BCUT2D eigenvalue weighted by atomic mass is 16.5. The Kier molecular flexibility index (Phi) is 4.91. The van der Waals surface area contributed by atoms with Gasteiger partial charge in [0.1, 0.15) is 0 Å². The third-order valence-corrected chi connectivity index (χ3v) is 4.71. The Morgan fingerprint density at radius 3 is 2.64 bits per heavy atom. The van der Waals surface area contributed by atoms with E-state index in [-0.39, 0.29) is 17.4 Å². The van der Waals surface area contributed by atoms with E-state index in [4.69, 9.17) is 4.74 Å². The maximum atomic E-state index is 12.1. The van der Waals surface area contributed by atoms with Crippen LogP contribution in [0, 0.1) is 13.8 Å². The molecule has 1 aliphatic heterocycles. The van der Waals surface area contributed by atoms with Gasteiger partial charge in [0, 0.05) is 51.2 Å². The van der Waals surface area contributed by atoms with Crippen LogP contribution in [-0.2, 0) is 31.9 Å². The van der Waals surface area contributed by atoms with Crippen molar-refractivity contribution in [2.75, 3.05) is 19.7 Å². The highest BCUT2D eigenvalue weighted by Gasteiger charge is 2.22. The second-order valence-electron chi connectivity index (χ2n) is 6.71. The zero-order valence-electron chi connectivity index (χ0n) is 15.2. The summed E-state index contributed by atoms with van der Waals surface area (Å²) < 4.78 is 10.5. The largest absolute Gasteiger partial charge is 0.374 e. The number of ether oxygens (including phenoxy) is 1. The van der Waals surface area contributed by atoms with Crippen molar-refractivity contribution in [1.82, 2.24) is 23.8 Å². The van der Waals surface area contributed by atoms with Crippen LogP contribution >= 0.6 is 0 Å². The molecule has 1 fully saturated rings. The van der Waals surface area contributed by atoms with Gasteiger partial charge in [-0.25, -0.2) is 4.79 Å². The van der Waals surface area contributed by atoms with Crippen molar-refractivity contribution in [3.8, 4) is 0 Å². The zero-order valence-corrected chi connectivity index (χ0v) is 15.2. The van der Waals surface area contributed by atoms with E-state index in [0.717, 1.165) is 34.7 Å². The molecule has 1 atom stereocenters. The van der Waals surface area contributed by atoms with Gasteiger partial charge in [0.2, 0.25) is 0 Å². The van der Waals surface area contributed by atoms with E-state index in [1.807, 2.05) is 18.5 Å². The van der Waals surface area contributed by atoms with Crippen molar-refractivity contribution >= 4 is 0 Å². The number of rotatable bonds is 4. The van der Waals surface area contributed by atoms with Crippen LogP contribution < -0.4 is 11.2 Å². The van der Waals surface area contributed by atoms with E-state index in [1.54, 1.807) is 7.05 Å². The van der Waals surface area contributed by atoms with Crippen molar-refractivity contribution in [2.24, 2.45) is 14.1 Å². The fourth-order valence-electron chi connectivity index (χ4n) is 3.25. The van der Waals surface area contributed by atoms with E-state index in [9.17, 15) is 9.59 Å². The summed E-state index contributed by atoms with van der Waals surface area (Å²) in [5.41, 5.74) is 2.27. The molecule has 1 saturated heterocycles. The number of hydrogen-bond acceptors (Lipinski definition) is 5. The highest BCUT2D eigenvalue weighted by Crippen LogP contribution is 2.12. The topological polar surface area (TPSA) is 74.3 Å². The molecule has 0 N–H and O–H groups in total. The molecule has 2 aromatic rings. The van der Waals surface area contributed by atoms with Gasteiger partial charge in [-0.3, -0.25) is 23.5 Å². The normalized spacial score (nSPS) is 18.6. The Balaban J connectivity index is 1.71. The minimum atomic E-state index is -0.296. The maximum absolute atomic E-state index is 12.1. The van der Waals surface area contributed by atoms with Crippen LogP contribution in [0.4, 0.5) is 0 Å². The van der Waals surface area contributed by atoms with E-state index in [0.29, 0.717) is 19.7 Å². The first-order chi connectivity index (χ1) is 11.8. The molecule has 0 spiro atoms. The SMILES string of the molecule is Cc1cc(C)n(C[C@@H]2CN(Cc3cc(=O)n(C)c(=O)n3C)CCO2)n1. The lowest BCUT2D eigenvalue weighted by Crippen LogP contribution is -2.45. The van der Waals surface area contributed by atoms with Crippen LogP contribution in [0.3, 0.4) is 0 Å². The van der Waals surface area contributed by atoms with Crippen LogP contribution in [0.1, 0.15) is 17.1 Å². The average molecular weight is 347 g/mol. The quantitative estimate of drug-likeness (QED) is 0.766. The van der Waals surface area contributed by atoms with E-state index < -0.39 is 0 Å². The van der Waals surface area contributed by atoms with Crippen LogP contribution in [-0.4, -0.2) is 49.6 Å². The molecule has 25 heavy (non-hydrogen) atoms. The lowest BCUT2D eigenvalue weighted by molar-refractivity contribution is -0.0411. The molecule has 0 radical (unpaired) electrons. The van der Waals surface area contributed by atoms with Gasteiger partial charge < -0.3 is 4.74 Å². The predicted octanol–water partition coefficient (Wildman–Crippen LogP) is -0.202. The molecule has 0 aliphatic carbocycles. The molecule has 0 saturated carbocycles. The number of aryl methyl sites for hydroxylation is 2.